The molecule has 1 aromatic carbocycles. The van der Waals surface area contributed by atoms with Gasteiger partial charge in [0.05, 0.1) is 11.9 Å². The third-order valence-electron chi connectivity index (χ3n) is 2.71. The Morgan fingerprint density at radius 3 is 2.53 bits per heavy atom. The Kier molecular flexibility index (Phi) is 3.66. The van der Waals surface area contributed by atoms with Crippen LogP contribution in [0.15, 0.2) is 42.6 Å². The fourth-order valence-corrected chi connectivity index (χ4v) is 1.67. The topological polar surface area (TPSA) is 79.5 Å². The summed E-state index contributed by atoms with van der Waals surface area (Å²) in [6, 6.07) is 9.98. The molecule has 5 nitrogen and oxygen atoms in total. The quantitative estimate of drug-likeness (QED) is 0.876. The molecule has 0 saturated carbocycles. The number of nitrogens with zero attached hydrogens (tertiary/aromatic N) is 2. The van der Waals surface area contributed by atoms with Gasteiger partial charge >= 0.3 is 0 Å². The van der Waals surface area contributed by atoms with Crippen molar-refractivity contribution in [1.29, 1.82) is 0 Å². The number of aromatic hydroxyl groups is 1. The Morgan fingerprint density at radius 2 is 1.95 bits per heavy atom. The van der Waals surface area contributed by atoms with Crippen LogP contribution in [0.1, 0.15) is 16.1 Å². The molecule has 0 bridgehead atoms. The fourth-order valence-electron chi connectivity index (χ4n) is 1.67. The van der Waals surface area contributed by atoms with Gasteiger partial charge in [0, 0.05) is 13.6 Å². The van der Waals surface area contributed by atoms with Crippen LogP contribution in [0.3, 0.4) is 0 Å². The lowest BCUT2D eigenvalue weighted by Gasteiger charge is -2.16. The summed E-state index contributed by atoms with van der Waals surface area (Å²) < 4.78 is 0. The first-order valence-corrected chi connectivity index (χ1v) is 5.81. The molecular formula is C14H15N3O2. The maximum atomic E-state index is 12.1. The maximum absolute atomic E-state index is 12.1. The van der Waals surface area contributed by atoms with Crippen molar-refractivity contribution < 1.29 is 9.90 Å². The number of carbonyl (C=O) groups is 1. The van der Waals surface area contributed by atoms with E-state index in [2.05, 4.69) is 4.98 Å². The summed E-state index contributed by atoms with van der Waals surface area (Å²) in [5, 5.41) is 9.20. The minimum atomic E-state index is -0.173. The molecule has 1 aromatic heterocycles. The molecule has 5 heteroatoms. The van der Waals surface area contributed by atoms with Gasteiger partial charge in [-0.3, -0.25) is 4.79 Å². The zero-order valence-corrected chi connectivity index (χ0v) is 10.6. The number of amides is 1. The van der Waals surface area contributed by atoms with Crippen LogP contribution < -0.4 is 5.73 Å². The van der Waals surface area contributed by atoms with E-state index in [1.54, 1.807) is 48.3 Å². The summed E-state index contributed by atoms with van der Waals surface area (Å²) in [5.41, 5.74) is 7.35. The summed E-state index contributed by atoms with van der Waals surface area (Å²) >= 11 is 0. The van der Waals surface area contributed by atoms with E-state index in [1.165, 1.54) is 6.20 Å². The number of aromatic nitrogens is 1. The number of benzene rings is 1. The van der Waals surface area contributed by atoms with Crippen molar-refractivity contribution in [2.75, 3.05) is 12.8 Å². The average Bonchev–Trinajstić information content (AvgIpc) is 2.41. The third-order valence-corrected chi connectivity index (χ3v) is 2.71. The van der Waals surface area contributed by atoms with Crippen LogP contribution in [0, 0.1) is 0 Å². The number of hydrogen-bond acceptors (Lipinski definition) is 4. The molecule has 2 rings (SSSR count). The van der Waals surface area contributed by atoms with E-state index >= 15 is 0 Å². The number of nitrogens with two attached hydrogens (primary N) is 1. The first-order chi connectivity index (χ1) is 9.06. The summed E-state index contributed by atoms with van der Waals surface area (Å²) in [5.74, 6) is 0.0333. The van der Waals surface area contributed by atoms with Crippen molar-refractivity contribution in [1.82, 2.24) is 9.88 Å². The maximum Gasteiger partial charge on any atom is 0.272 e. The van der Waals surface area contributed by atoms with E-state index in [0.717, 1.165) is 5.56 Å². The van der Waals surface area contributed by atoms with Gasteiger partial charge in [0.1, 0.15) is 11.4 Å². The Balaban J connectivity index is 2.07. The standard InChI is InChI=1S/C14H15N3O2/c1-17(9-10-2-5-12(18)6-3-10)14(19)13-7-4-11(15)8-16-13/h2-8,18H,9,15H2,1H3. The monoisotopic (exact) mass is 257 g/mol. The molecule has 0 aliphatic rings. The lowest BCUT2D eigenvalue weighted by atomic mass is 10.2. The minimum Gasteiger partial charge on any atom is -0.508 e. The highest BCUT2D eigenvalue weighted by molar-refractivity contribution is 5.92. The number of pyridine rings is 1. The molecule has 98 valence electrons. The van der Waals surface area contributed by atoms with Crippen molar-refractivity contribution >= 4 is 11.6 Å². The van der Waals surface area contributed by atoms with Crippen LogP contribution >= 0.6 is 0 Å². The summed E-state index contributed by atoms with van der Waals surface area (Å²) in [7, 11) is 1.70. The molecule has 3 N–H and O–H groups in total. The van der Waals surface area contributed by atoms with Crippen LogP contribution in [0.25, 0.3) is 0 Å². The van der Waals surface area contributed by atoms with Crippen molar-refractivity contribution in [3.8, 4) is 5.75 Å². The smallest absolute Gasteiger partial charge is 0.272 e. The third kappa shape index (κ3) is 3.22. The summed E-state index contributed by atoms with van der Waals surface area (Å²) in [6.45, 7) is 0.450. The zero-order chi connectivity index (χ0) is 13.8. The molecule has 2 aromatic rings. The fraction of sp³-hybridized carbons (Fsp3) is 0.143. The first kappa shape index (κ1) is 12.9. The number of carbonyl (C=O) groups excluding carboxylic acids is 1. The van der Waals surface area contributed by atoms with E-state index in [0.29, 0.717) is 17.9 Å². The second-order valence-electron chi connectivity index (χ2n) is 4.30. The second kappa shape index (κ2) is 5.39. The highest BCUT2D eigenvalue weighted by Crippen LogP contribution is 2.12. The lowest BCUT2D eigenvalue weighted by molar-refractivity contribution is 0.0779. The molecule has 19 heavy (non-hydrogen) atoms. The zero-order valence-electron chi connectivity index (χ0n) is 10.6. The highest BCUT2D eigenvalue weighted by atomic mass is 16.3. The van der Waals surface area contributed by atoms with Gasteiger partial charge in [-0.05, 0) is 29.8 Å². The van der Waals surface area contributed by atoms with Crippen LogP contribution in [-0.4, -0.2) is 27.9 Å². The number of nitrogen functional groups attached to an aromatic ring is 1. The predicted molar refractivity (Wildman–Crippen MR) is 72.6 cm³/mol. The Bertz CT molecular complexity index is 564. The molecule has 0 atom stereocenters. The number of phenols is 1. The van der Waals surface area contributed by atoms with E-state index in [4.69, 9.17) is 5.73 Å². The van der Waals surface area contributed by atoms with Gasteiger partial charge in [-0.2, -0.15) is 0 Å². The lowest BCUT2D eigenvalue weighted by Crippen LogP contribution is -2.26. The van der Waals surface area contributed by atoms with Gasteiger partial charge in [0.15, 0.2) is 0 Å². The van der Waals surface area contributed by atoms with Crippen LogP contribution in [0.4, 0.5) is 5.69 Å². The largest absolute Gasteiger partial charge is 0.508 e. The van der Waals surface area contributed by atoms with Crippen molar-refractivity contribution in [2.45, 2.75) is 6.54 Å². The van der Waals surface area contributed by atoms with Crippen molar-refractivity contribution in [2.24, 2.45) is 0 Å². The highest BCUT2D eigenvalue weighted by Gasteiger charge is 2.13. The summed E-state index contributed by atoms with van der Waals surface area (Å²) in [4.78, 5) is 17.7. The van der Waals surface area contributed by atoms with E-state index in [1.807, 2.05) is 0 Å². The number of phenolic OH excluding ortho intramolecular Hbond substituents is 1. The molecule has 0 saturated heterocycles. The van der Waals surface area contributed by atoms with E-state index in [9.17, 15) is 9.90 Å². The molecule has 0 fully saturated rings. The summed E-state index contributed by atoms with van der Waals surface area (Å²) in [6.07, 6.45) is 1.46. The molecule has 0 aliphatic carbocycles. The van der Waals surface area contributed by atoms with Gasteiger partial charge in [-0.1, -0.05) is 12.1 Å². The average molecular weight is 257 g/mol. The van der Waals surface area contributed by atoms with E-state index < -0.39 is 0 Å². The molecular weight excluding hydrogens is 242 g/mol. The van der Waals surface area contributed by atoms with Crippen molar-refractivity contribution in [3.05, 3.63) is 53.9 Å². The van der Waals surface area contributed by atoms with Crippen LogP contribution in [0.5, 0.6) is 5.75 Å². The number of hydrogen-bond donors (Lipinski definition) is 2. The van der Waals surface area contributed by atoms with E-state index in [-0.39, 0.29) is 11.7 Å². The Morgan fingerprint density at radius 1 is 1.26 bits per heavy atom. The number of anilines is 1. The molecule has 0 spiro atoms. The SMILES string of the molecule is CN(Cc1ccc(O)cc1)C(=O)c1ccc(N)cn1. The van der Waals surface area contributed by atoms with Gasteiger partial charge in [0.2, 0.25) is 0 Å². The molecule has 0 radical (unpaired) electrons. The molecule has 1 amide bonds. The van der Waals surface area contributed by atoms with Gasteiger partial charge < -0.3 is 15.7 Å². The van der Waals surface area contributed by atoms with Crippen molar-refractivity contribution in [3.63, 3.8) is 0 Å². The first-order valence-electron chi connectivity index (χ1n) is 5.81. The Labute approximate surface area is 111 Å². The molecule has 0 unspecified atom stereocenters. The van der Waals surface area contributed by atoms with Crippen LogP contribution in [0.2, 0.25) is 0 Å². The van der Waals surface area contributed by atoms with Gasteiger partial charge in [0.25, 0.3) is 5.91 Å². The van der Waals surface area contributed by atoms with Gasteiger partial charge in [-0.15, -0.1) is 0 Å². The molecule has 0 aliphatic heterocycles. The second-order valence-corrected chi connectivity index (χ2v) is 4.30. The number of rotatable bonds is 3. The molecule has 1 heterocycles. The normalized spacial score (nSPS) is 10.2. The van der Waals surface area contributed by atoms with Crippen LogP contribution in [-0.2, 0) is 6.54 Å². The predicted octanol–water partition coefficient (Wildman–Crippen LogP) is 1.64. The Hall–Kier alpha value is -2.56. The van der Waals surface area contributed by atoms with Gasteiger partial charge in [-0.25, -0.2) is 4.98 Å². The minimum absolute atomic E-state index is 0.173.